The summed E-state index contributed by atoms with van der Waals surface area (Å²) in [4.78, 5) is 5.18. The van der Waals surface area contributed by atoms with Crippen molar-refractivity contribution in [2.24, 2.45) is 0 Å². The smallest absolute Gasteiger partial charge is 0.0478 e. The van der Waals surface area contributed by atoms with Gasteiger partial charge in [0, 0.05) is 31.7 Å². The third-order valence-electron chi connectivity index (χ3n) is 3.80. The number of rotatable bonds is 3. The molecule has 1 aliphatic heterocycles. The summed E-state index contributed by atoms with van der Waals surface area (Å²) in [7, 11) is 0. The molecule has 0 amide bonds. The van der Waals surface area contributed by atoms with Crippen molar-refractivity contribution in [1.29, 1.82) is 0 Å². The van der Waals surface area contributed by atoms with Crippen LogP contribution in [0.4, 0.5) is 0 Å². The lowest BCUT2D eigenvalue weighted by molar-refractivity contribution is 0.0535. The Morgan fingerprint density at radius 1 is 1.18 bits per heavy atom. The van der Waals surface area contributed by atoms with Gasteiger partial charge in [0.25, 0.3) is 0 Å². The zero-order chi connectivity index (χ0) is 12.3. The summed E-state index contributed by atoms with van der Waals surface area (Å²) < 4.78 is 0. The summed E-state index contributed by atoms with van der Waals surface area (Å²) in [6, 6.07) is 12.1. The van der Waals surface area contributed by atoms with E-state index in [2.05, 4.69) is 60.9 Å². The molecule has 2 nitrogen and oxygen atoms in total. The van der Waals surface area contributed by atoms with E-state index in [0.29, 0.717) is 12.1 Å². The number of benzene rings is 1. The fraction of sp³-hybridized carbons (Fsp3) is 0.600. The molecule has 0 radical (unpaired) electrons. The lowest BCUT2D eigenvalue weighted by Crippen LogP contribution is -2.50. The number of piperazine rings is 1. The van der Waals surface area contributed by atoms with E-state index in [9.17, 15) is 0 Å². The largest absolute Gasteiger partial charge is 0.300 e. The average molecular weight is 232 g/mol. The average Bonchev–Trinajstić information content (AvgIpc) is 2.39. The van der Waals surface area contributed by atoms with Crippen molar-refractivity contribution in [1.82, 2.24) is 9.80 Å². The predicted octanol–water partition coefficient (Wildman–Crippen LogP) is 2.77. The number of hydrogen-bond donors (Lipinski definition) is 0. The molecular weight excluding hydrogens is 208 g/mol. The Morgan fingerprint density at radius 3 is 2.47 bits per heavy atom. The standard InChI is InChI=1S/C15H24N2/c1-4-16-10-11-17(13(2)3)15(12-16)14-8-6-5-7-9-14/h5-9,13,15H,4,10-12H2,1-3H3. The van der Waals surface area contributed by atoms with E-state index in [1.807, 2.05) is 0 Å². The molecule has 1 unspecified atom stereocenters. The number of likely N-dealkylation sites (N-methyl/N-ethyl adjacent to an activating group) is 1. The van der Waals surface area contributed by atoms with Crippen molar-refractivity contribution >= 4 is 0 Å². The molecule has 1 atom stereocenters. The van der Waals surface area contributed by atoms with Crippen LogP contribution in [0, 0.1) is 0 Å². The van der Waals surface area contributed by atoms with Gasteiger partial charge in [0.15, 0.2) is 0 Å². The van der Waals surface area contributed by atoms with Gasteiger partial charge < -0.3 is 4.90 Å². The van der Waals surface area contributed by atoms with Crippen LogP contribution in [0.15, 0.2) is 30.3 Å². The van der Waals surface area contributed by atoms with Crippen LogP contribution in [0.5, 0.6) is 0 Å². The predicted molar refractivity (Wildman–Crippen MR) is 73.1 cm³/mol. The van der Waals surface area contributed by atoms with Gasteiger partial charge in [0.2, 0.25) is 0 Å². The maximum absolute atomic E-state index is 2.63. The topological polar surface area (TPSA) is 6.48 Å². The molecule has 1 aromatic carbocycles. The van der Waals surface area contributed by atoms with Gasteiger partial charge in [-0.25, -0.2) is 0 Å². The molecule has 1 saturated heterocycles. The highest BCUT2D eigenvalue weighted by Crippen LogP contribution is 2.26. The Morgan fingerprint density at radius 2 is 1.88 bits per heavy atom. The quantitative estimate of drug-likeness (QED) is 0.790. The summed E-state index contributed by atoms with van der Waals surface area (Å²) in [6.07, 6.45) is 0. The molecule has 0 spiro atoms. The van der Waals surface area contributed by atoms with Crippen molar-refractivity contribution < 1.29 is 0 Å². The summed E-state index contributed by atoms with van der Waals surface area (Å²) in [5, 5.41) is 0. The van der Waals surface area contributed by atoms with E-state index in [1.165, 1.54) is 25.2 Å². The van der Waals surface area contributed by atoms with Crippen LogP contribution in [0.25, 0.3) is 0 Å². The Bertz CT molecular complexity index is 334. The first-order valence-corrected chi connectivity index (χ1v) is 6.75. The number of hydrogen-bond acceptors (Lipinski definition) is 2. The monoisotopic (exact) mass is 232 g/mol. The van der Waals surface area contributed by atoms with Gasteiger partial charge in [-0.15, -0.1) is 0 Å². The zero-order valence-electron chi connectivity index (χ0n) is 11.3. The molecule has 0 aliphatic carbocycles. The third kappa shape index (κ3) is 2.88. The van der Waals surface area contributed by atoms with Crippen LogP contribution in [0.1, 0.15) is 32.4 Å². The SMILES string of the molecule is CCN1CCN(C(C)C)C(c2ccccc2)C1. The Hall–Kier alpha value is -0.860. The first kappa shape index (κ1) is 12.6. The maximum Gasteiger partial charge on any atom is 0.0478 e. The van der Waals surface area contributed by atoms with Crippen LogP contribution >= 0.6 is 0 Å². The molecule has 0 saturated carbocycles. The highest BCUT2D eigenvalue weighted by atomic mass is 15.3. The molecular formula is C15H24N2. The molecule has 1 fully saturated rings. The second kappa shape index (κ2) is 5.65. The second-order valence-corrected chi connectivity index (χ2v) is 5.15. The Balaban J connectivity index is 2.19. The lowest BCUT2D eigenvalue weighted by atomic mass is 10.0. The van der Waals surface area contributed by atoms with Crippen molar-refractivity contribution in [3.8, 4) is 0 Å². The van der Waals surface area contributed by atoms with Crippen LogP contribution in [-0.4, -0.2) is 42.0 Å². The van der Waals surface area contributed by atoms with Crippen molar-refractivity contribution in [3.63, 3.8) is 0 Å². The molecule has 0 aromatic heterocycles. The minimum absolute atomic E-state index is 0.560. The van der Waals surface area contributed by atoms with Gasteiger partial charge in [-0.1, -0.05) is 37.3 Å². The number of nitrogens with zero attached hydrogens (tertiary/aromatic N) is 2. The maximum atomic E-state index is 2.63. The fourth-order valence-corrected chi connectivity index (χ4v) is 2.73. The molecule has 0 bridgehead atoms. The molecule has 1 heterocycles. The minimum atomic E-state index is 0.560. The molecule has 1 aromatic rings. The van der Waals surface area contributed by atoms with E-state index >= 15 is 0 Å². The van der Waals surface area contributed by atoms with E-state index in [1.54, 1.807) is 0 Å². The van der Waals surface area contributed by atoms with Gasteiger partial charge in [-0.2, -0.15) is 0 Å². The second-order valence-electron chi connectivity index (χ2n) is 5.15. The zero-order valence-corrected chi connectivity index (χ0v) is 11.3. The van der Waals surface area contributed by atoms with Gasteiger partial charge >= 0.3 is 0 Å². The first-order chi connectivity index (χ1) is 8.22. The summed E-state index contributed by atoms with van der Waals surface area (Å²) in [5.41, 5.74) is 1.46. The third-order valence-corrected chi connectivity index (χ3v) is 3.80. The molecule has 2 rings (SSSR count). The summed E-state index contributed by atoms with van der Waals surface area (Å²) >= 11 is 0. The van der Waals surface area contributed by atoms with Crippen LogP contribution in [-0.2, 0) is 0 Å². The highest BCUT2D eigenvalue weighted by Gasteiger charge is 2.28. The van der Waals surface area contributed by atoms with Crippen LogP contribution < -0.4 is 0 Å². The van der Waals surface area contributed by atoms with Crippen molar-refractivity contribution in [3.05, 3.63) is 35.9 Å². The molecule has 1 aliphatic rings. The summed E-state index contributed by atoms with van der Waals surface area (Å²) in [6.45, 7) is 11.6. The first-order valence-electron chi connectivity index (χ1n) is 6.75. The Labute approximate surface area is 105 Å². The molecule has 0 N–H and O–H groups in total. The summed E-state index contributed by atoms with van der Waals surface area (Å²) in [5.74, 6) is 0. The van der Waals surface area contributed by atoms with Gasteiger partial charge in [-0.05, 0) is 26.0 Å². The van der Waals surface area contributed by atoms with Gasteiger partial charge in [0.1, 0.15) is 0 Å². The van der Waals surface area contributed by atoms with Crippen LogP contribution in [0.2, 0.25) is 0 Å². The van der Waals surface area contributed by atoms with E-state index in [4.69, 9.17) is 0 Å². The van der Waals surface area contributed by atoms with E-state index in [-0.39, 0.29) is 0 Å². The van der Waals surface area contributed by atoms with Crippen molar-refractivity contribution in [2.45, 2.75) is 32.9 Å². The normalized spacial score (nSPS) is 23.2. The lowest BCUT2D eigenvalue weighted by Gasteiger charge is -2.43. The minimum Gasteiger partial charge on any atom is -0.300 e. The highest BCUT2D eigenvalue weighted by molar-refractivity contribution is 5.20. The molecule has 2 heteroatoms. The van der Waals surface area contributed by atoms with Gasteiger partial charge in [-0.3, -0.25) is 4.90 Å². The van der Waals surface area contributed by atoms with Gasteiger partial charge in [0.05, 0.1) is 0 Å². The molecule has 94 valence electrons. The molecule has 17 heavy (non-hydrogen) atoms. The van der Waals surface area contributed by atoms with E-state index < -0.39 is 0 Å². The van der Waals surface area contributed by atoms with Crippen LogP contribution in [0.3, 0.4) is 0 Å². The Kier molecular flexibility index (Phi) is 4.19. The fourth-order valence-electron chi connectivity index (χ4n) is 2.73. The van der Waals surface area contributed by atoms with Crippen molar-refractivity contribution in [2.75, 3.05) is 26.2 Å². The van der Waals surface area contributed by atoms with E-state index in [0.717, 1.165) is 6.54 Å².